The zero-order valence-electron chi connectivity index (χ0n) is 10.4. The van der Waals surface area contributed by atoms with E-state index in [-0.39, 0.29) is 6.04 Å². The molecule has 1 N–H and O–H groups in total. The van der Waals surface area contributed by atoms with Crippen molar-refractivity contribution in [2.24, 2.45) is 0 Å². The molecule has 1 heterocycles. The lowest BCUT2D eigenvalue weighted by molar-refractivity contribution is 0.0445. The van der Waals surface area contributed by atoms with E-state index in [4.69, 9.17) is 0 Å². The molecule has 1 aliphatic heterocycles. The zero-order valence-corrected chi connectivity index (χ0v) is 10.4. The molecule has 18 heavy (non-hydrogen) atoms. The maximum absolute atomic E-state index is 13.3. The van der Waals surface area contributed by atoms with Crippen molar-refractivity contribution in [3.8, 4) is 0 Å². The third-order valence-corrected chi connectivity index (χ3v) is 4.06. The number of halogens is 2. The summed E-state index contributed by atoms with van der Waals surface area (Å²) >= 11 is 0. The molecule has 1 saturated heterocycles. The second-order valence-electron chi connectivity index (χ2n) is 5.65. The Hall–Kier alpha value is -1.00. The quantitative estimate of drug-likeness (QED) is 0.875. The highest BCUT2D eigenvalue weighted by molar-refractivity contribution is 5.27. The van der Waals surface area contributed by atoms with E-state index in [2.05, 4.69) is 11.8 Å². The van der Waals surface area contributed by atoms with Gasteiger partial charge in [-0.05, 0) is 43.9 Å². The van der Waals surface area contributed by atoms with Crippen molar-refractivity contribution in [1.82, 2.24) is 4.90 Å². The van der Waals surface area contributed by atoms with Crippen molar-refractivity contribution >= 4 is 0 Å². The van der Waals surface area contributed by atoms with Crippen molar-refractivity contribution in [3.05, 3.63) is 35.4 Å². The fourth-order valence-corrected chi connectivity index (χ4v) is 3.06. The van der Waals surface area contributed by atoms with Crippen LogP contribution in [-0.4, -0.2) is 28.6 Å². The SMILES string of the molecule is CC1CC(O)(c2cc(F)cc(F)c2)CN1C1CC1. The Morgan fingerprint density at radius 3 is 2.39 bits per heavy atom. The van der Waals surface area contributed by atoms with Crippen LogP contribution >= 0.6 is 0 Å². The molecule has 2 fully saturated rings. The van der Waals surface area contributed by atoms with Gasteiger partial charge in [0.1, 0.15) is 17.2 Å². The van der Waals surface area contributed by atoms with Gasteiger partial charge in [0.25, 0.3) is 0 Å². The van der Waals surface area contributed by atoms with E-state index in [1.807, 2.05) is 0 Å². The fourth-order valence-electron chi connectivity index (χ4n) is 3.06. The van der Waals surface area contributed by atoms with Gasteiger partial charge in [0, 0.05) is 24.7 Å². The molecule has 1 aromatic carbocycles. The summed E-state index contributed by atoms with van der Waals surface area (Å²) in [6.45, 7) is 2.54. The lowest BCUT2D eigenvalue weighted by atomic mass is 9.91. The Kier molecular flexibility index (Phi) is 2.68. The summed E-state index contributed by atoms with van der Waals surface area (Å²) in [5.74, 6) is -1.26. The van der Waals surface area contributed by atoms with E-state index in [0.29, 0.717) is 24.6 Å². The van der Waals surface area contributed by atoms with Crippen LogP contribution in [-0.2, 0) is 5.60 Å². The summed E-state index contributed by atoms with van der Waals surface area (Å²) in [6.07, 6.45) is 2.86. The highest BCUT2D eigenvalue weighted by atomic mass is 19.1. The number of rotatable bonds is 2. The topological polar surface area (TPSA) is 23.5 Å². The van der Waals surface area contributed by atoms with Crippen LogP contribution < -0.4 is 0 Å². The number of benzene rings is 1. The Morgan fingerprint density at radius 2 is 1.83 bits per heavy atom. The van der Waals surface area contributed by atoms with Gasteiger partial charge in [0.15, 0.2) is 0 Å². The molecule has 1 saturated carbocycles. The van der Waals surface area contributed by atoms with Gasteiger partial charge in [-0.2, -0.15) is 0 Å². The van der Waals surface area contributed by atoms with E-state index in [9.17, 15) is 13.9 Å². The summed E-state index contributed by atoms with van der Waals surface area (Å²) in [7, 11) is 0. The van der Waals surface area contributed by atoms with E-state index < -0.39 is 17.2 Å². The van der Waals surface area contributed by atoms with Crippen molar-refractivity contribution < 1.29 is 13.9 Å². The largest absolute Gasteiger partial charge is 0.384 e. The standard InChI is InChI=1S/C14H17F2NO/c1-9-7-14(18,8-17(9)13-2-3-13)10-4-11(15)6-12(16)5-10/h4-6,9,13,18H,2-3,7-8H2,1H3. The van der Waals surface area contributed by atoms with E-state index in [0.717, 1.165) is 18.9 Å². The highest BCUT2D eigenvalue weighted by Crippen LogP contribution is 2.41. The van der Waals surface area contributed by atoms with Crippen LogP contribution in [0, 0.1) is 11.6 Å². The second kappa shape index (κ2) is 4.00. The molecular weight excluding hydrogens is 236 g/mol. The van der Waals surface area contributed by atoms with Crippen molar-refractivity contribution in [2.45, 2.75) is 43.9 Å². The lowest BCUT2D eigenvalue weighted by Gasteiger charge is -2.24. The molecule has 98 valence electrons. The zero-order chi connectivity index (χ0) is 12.9. The average molecular weight is 253 g/mol. The molecule has 0 spiro atoms. The third-order valence-electron chi connectivity index (χ3n) is 4.06. The number of hydrogen-bond donors (Lipinski definition) is 1. The van der Waals surface area contributed by atoms with Gasteiger partial charge in [-0.25, -0.2) is 8.78 Å². The van der Waals surface area contributed by atoms with E-state index in [1.165, 1.54) is 12.1 Å². The molecule has 2 unspecified atom stereocenters. The molecule has 1 aliphatic carbocycles. The molecule has 1 aromatic rings. The predicted molar refractivity (Wildman–Crippen MR) is 64.1 cm³/mol. The molecule has 0 radical (unpaired) electrons. The van der Waals surface area contributed by atoms with Crippen molar-refractivity contribution in [3.63, 3.8) is 0 Å². The maximum atomic E-state index is 13.3. The third kappa shape index (κ3) is 2.04. The van der Waals surface area contributed by atoms with Gasteiger partial charge < -0.3 is 5.11 Å². The number of β-amino-alcohol motifs (C(OH)–C–C–N with tert-alkyl or cyclic N) is 1. The first-order chi connectivity index (χ1) is 8.48. The summed E-state index contributed by atoms with van der Waals surface area (Å²) in [5.41, 5.74) is -0.764. The number of aliphatic hydroxyl groups is 1. The first-order valence-corrected chi connectivity index (χ1v) is 6.43. The summed E-state index contributed by atoms with van der Waals surface area (Å²) < 4.78 is 26.5. The van der Waals surface area contributed by atoms with E-state index >= 15 is 0 Å². The van der Waals surface area contributed by atoms with Gasteiger partial charge in [-0.1, -0.05) is 0 Å². The van der Waals surface area contributed by atoms with Crippen molar-refractivity contribution in [1.29, 1.82) is 0 Å². The number of nitrogens with zero attached hydrogens (tertiary/aromatic N) is 1. The molecular formula is C14H17F2NO. The van der Waals surface area contributed by atoms with Crippen LogP contribution in [0.2, 0.25) is 0 Å². The van der Waals surface area contributed by atoms with Crippen molar-refractivity contribution in [2.75, 3.05) is 6.54 Å². The van der Waals surface area contributed by atoms with Crippen LogP contribution in [0.25, 0.3) is 0 Å². The fraction of sp³-hybridized carbons (Fsp3) is 0.571. The van der Waals surface area contributed by atoms with Gasteiger partial charge >= 0.3 is 0 Å². The first kappa shape index (κ1) is 12.1. The molecule has 0 bridgehead atoms. The maximum Gasteiger partial charge on any atom is 0.126 e. The molecule has 2 aliphatic rings. The van der Waals surface area contributed by atoms with Crippen LogP contribution in [0.4, 0.5) is 8.78 Å². The average Bonchev–Trinajstić information content (AvgIpc) is 3.04. The van der Waals surface area contributed by atoms with Gasteiger partial charge in [-0.15, -0.1) is 0 Å². The smallest absolute Gasteiger partial charge is 0.126 e. The Morgan fingerprint density at radius 1 is 1.22 bits per heavy atom. The minimum Gasteiger partial charge on any atom is -0.384 e. The molecule has 0 aromatic heterocycles. The van der Waals surface area contributed by atoms with E-state index in [1.54, 1.807) is 0 Å². The normalized spacial score (nSPS) is 33.0. The number of likely N-dealkylation sites (tertiary alicyclic amines) is 1. The molecule has 3 rings (SSSR count). The van der Waals surface area contributed by atoms with Crippen LogP contribution in [0.1, 0.15) is 31.7 Å². The summed E-state index contributed by atoms with van der Waals surface area (Å²) in [5, 5.41) is 10.7. The van der Waals surface area contributed by atoms with Crippen LogP contribution in [0.3, 0.4) is 0 Å². The predicted octanol–water partition coefficient (Wildman–Crippen LogP) is 2.41. The molecule has 0 amide bonds. The lowest BCUT2D eigenvalue weighted by Crippen LogP contribution is -2.33. The summed E-state index contributed by atoms with van der Waals surface area (Å²) in [4.78, 5) is 2.25. The summed E-state index contributed by atoms with van der Waals surface area (Å²) in [6, 6.07) is 4.13. The Labute approximate surface area is 105 Å². The molecule has 2 nitrogen and oxygen atoms in total. The molecule has 4 heteroatoms. The first-order valence-electron chi connectivity index (χ1n) is 6.43. The number of hydrogen-bond acceptors (Lipinski definition) is 2. The van der Waals surface area contributed by atoms with Crippen LogP contribution in [0.5, 0.6) is 0 Å². The Bertz CT molecular complexity index is 455. The van der Waals surface area contributed by atoms with Gasteiger partial charge in [0.05, 0.1) is 0 Å². The van der Waals surface area contributed by atoms with Crippen LogP contribution in [0.15, 0.2) is 18.2 Å². The van der Waals surface area contributed by atoms with Gasteiger partial charge in [0.2, 0.25) is 0 Å². The highest BCUT2D eigenvalue weighted by Gasteiger charge is 2.47. The second-order valence-corrected chi connectivity index (χ2v) is 5.65. The monoisotopic (exact) mass is 253 g/mol. The Balaban J connectivity index is 1.90. The minimum absolute atomic E-state index is 0.258. The molecule has 2 atom stereocenters. The van der Waals surface area contributed by atoms with Gasteiger partial charge in [-0.3, -0.25) is 4.90 Å². The minimum atomic E-state index is -1.12.